The lowest BCUT2D eigenvalue weighted by atomic mass is 10.1. The molecule has 0 saturated heterocycles. The topological polar surface area (TPSA) is 12.9 Å². The molecule has 1 saturated carbocycles. The van der Waals surface area contributed by atoms with Gasteiger partial charge in [-0.25, -0.2) is 0 Å². The van der Waals surface area contributed by atoms with E-state index in [1.807, 2.05) is 12.1 Å². The van der Waals surface area contributed by atoms with Crippen molar-refractivity contribution in [3.8, 4) is 0 Å². The zero-order chi connectivity index (χ0) is 12.2. The van der Waals surface area contributed by atoms with Gasteiger partial charge in [-0.1, -0.05) is 34.8 Å². The van der Waals surface area contributed by atoms with Gasteiger partial charge in [0.2, 0.25) is 0 Å². The molecule has 0 N–H and O–H groups in total. The van der Waals surface area contributed by atoms with Crippen LogP contribution in [0.1, 0.15) is 24.5 Å². The van der Waals surface area contributed by atoms with Crippen LogP contribution in [0.25, 0.3) is 10.9 Å². The third kappa shape index (κ3) is 2.06. The van der Waals surface area contributed by atoms with Crippen molar-refractivity contribution in [2.75, 3.05) is 0 Å². The number of rotatable bonds is 1. The number of pyridine rings is 1. The second-order valence-corrected chi connectivity index (χ2v) is 6.20. The van der Waals surface area contributed by atoms with Crippen LogP contribution in [0.5, 0.6) is 0 Å². The van der Waals surface area contributed by atoms with Gasteiger partial charge in [-0.2, -0.15) is 0 Å². The van der Waals surface area contributed by atoms with Gasteiger partial charge in [-0.15, -0.1) is 0 Å². The Balaban J connectivity index is 2.36. The lowest BCUT2D eigenvalue weighted by Gasteiger charge is -2.08. The van der Waals surface area contributed by atoms with Crippen LogP contribution in [-0.4, -0.2) is 4.98 Å². The summed E-state index contributed by atoms with van der Waals surface area (Å²) in [5.41, 5.74) is 1.71. The normalized spacial score (nSPS) is 15.5. The van der Waals surface area contributed by atoms with Crippen LogP contribution < -0.4 is 0 Å². The van der Waals surface area contributed by atoms with Crippen LogP contribution in [0.2, 0.25) is 15.1 Å². The summed E-state index contributed by atoms with van der Waals surface area (Å²) in [4.78, 5) is 4.58. The maximum absolute atomic E-state index is 6.27. The number of hydrogen-bond acceptors (Lipinski definition) is 1. The minimum atomic E-state index is 0.459. The largest absolute Gasteiger partial charge is 0.251 e. The minimum absolute atomic E-state index is 0.459. The molecule has 1 fully saturated rings. The Morgan fingerprint density at radius 3 is 2.47 bits per heavy atom. The highest BCUT2D eigenvalue weighted by Gasteiger charge is 2.26. The summed E-state index contributed by atoms with van der Waals surface area (Å²) >= 11 is 21.9. The van der Waals surface area contributed by atoms with E-state index in [4.69, 9.17) is 34.8 Å². The number of benzene rings is 1. The maximum atomic E-state index is 6.27. The highest BCUT2D eigenvalue weighted by atomic mass is 79.9. The third-order valence-corrected chi connectivity index (χ3v) is 4.93. The standard InChI is InChI=1S/C12H7BrCl3N/c13-7-3-6-8(14)4-9(5-1-2-5)17-12(6)11(16)10(7)15/h3-5H,1-2H2. The molecular formula is C12H7BrCl3N. The molecule has 17 heavy (non-hydrogen) atoms. The Bertz CT molecular complexity index is 623. The van der Waals surface area contributed by atoms with Gasteiger partial charge < -0.3 is 0 Å². The number of fused-ring (bicyclic) bond motifs is 1. The molecule has 1 aromatic carbocycles. The maximum Gasteiger partial charge on any atom is 0.0922 e. The average molecular weight is 351 g/mol. The fourth-order valence-electron chi connectivity index (χ4n) is 1.83. The first-order valence-corrected chi connectivity index (χ1v) is 7.14. The van der Waals surface area contributed by atoms with Crippen LogP contribution in [0, 0.1) is 0 Å². The molecule has 0 amide bonds. The zero-order valence-corrected chi connectivity index (χ0v) is 12.5. The van der Waals surface area contributed by atoms with Crippen molar-refractivity contribution in [2.24, 2.45) is 0 Å². The predicted octanol–water partition coefficient (Wildman–Crippen LogP) is 5.83. The van der Waals surface area contributed by atoms with E-state index in [0.29, 0.717) is 26.5 Å². The summed E-state index contributed by atoms with van der Waals surface area (Å²) in [6.45, 7) is 0. The van der Waals surface area contributed by atoms with Crippen molar-refractivity contribution >= 4 is 61.6 Å². The predicted molar refractivity (Wildman–Crippen MR) is 76.4 cm³/mol. The highest BCUT2D eigenvalue weighted by molar-refractivity contribution is 9.10. The number of hydrogen-bond donors (Lipinski definition) is 0. The molecule has 1 aliphatic rings. The minimum Gasteiger partial charge on any atom is -0.251 e. The first kappa shape index (κ1) is 12.0. The Morgan fingerprint density at radius 1 is 1.12 bits per heavy atom. The van der Waals surface area contributed by atoms with E-state index < -0.39 is 0 Å². The summed E-state index contributed by atoms with van der Waals surface area (Å²) in [6, 6.07) is 3.79. The first-order valence-electron chi connectivity index (χ1n) is 5.21. The smallest absolute Gasteiger partial charge is 0.0922 e. The SMILES string of the molecule is Clc1c(Br)cc2c(Cl)cc(C3CC3)nc2c1Cl. The Hall–Kier alpha value is -0.0200. The zero-order valence-electron chi connectivity index (χ0n) is 8.61. The summed E-state index contributed by atoms with van der Waals surface area (Å²) in [5, 5.41) is 2.45. The molecule has 1 aromatic heterocycles. The summed E-state index contributed by atoms with van der Waals surface area (Å²) in [6.07, 6.45) is 2.35. The monoisotopic (exact) mass is 349 g/mol. The van der Waals surface area contributed by atoms with Crippen molar-refractivity contribution in [2.45, 2.75) is 18.8 Å². The second kappa shape index (κ2) is 4.27. The lowest BCUT2D eigenvalue weighted by Crippen LogP contribution is -1.90. The number of nitrogens with zero attached hydrogens (tertiary/aromatic N) is 1. The van der Waals surface area contributed by atoms with Crippen LogP contribution in [-0.2, 0) is 0 Å². The van der Waals surface area contributed by atoms with E-state index in [2.05, 4.69) is 20.9 Å². The Kier molecular flexibility index (Phi) is 3.02. The molecule has 0 unspecified atom stereocenters. The number of aromatic nitrogens is 1. The quantitative estimate of drug-likeness (QED) is 0.589. The molecular weight excluding hydrogens is 344 g/mol. The molecule has 3 rings (SSSR count). The van der Waals surface area contributed by atoms with E-state index in [1.165, 1.54) is 12.8 Å². The molecule has 1 aliphatic carbocycles. The molecule has 0 aliphatic heterocycles. The van der Waals surface area contributed by atoms with Crippen LogP contribution in [0.3, 0.4) is 0 Å². The summed E-state index contributed by atoms with van der Waals surface area (Å²) < 4.78 is 0.736. The Labute approximate surface area is 122 Å². The highest BCUT2D eigenvalue weighted by Crippen LogP contribution is 2.43. The van der Waals surface area contributed by atoms with E-state index in [-0.39, 0.29) is 0 Å². The van der Waals surface area contributed by atoms with E-state index in [9.17, 15) is 0 Å². The van der Waals surface area contributed by atoms with Gasteiger partial charge in [0.05, 0.1) is 20.6 Å². The van der Waals surface area contributed by atoms with Crippen molar-refractivity contribution in [3.05, 3.63) is 37.4 Å². The first-order chi connectivity index (χ1) is 8.08. The van der Waals surface area contributed by atoms with Gasteiger partial charge in [-0.05, 0) is 40.9 Å². The van der Waals surface area contributed by atoms with Crippen molar-refractivity contribution in [3.63, 3.8) is 0 Å². The summed E-state index contributed by atoms with van der Waals surface area (Å²) in [5.74, 6) is 0.537. The van der Waals surface area contributed by atoms with Gasteiger partial charge in [0.25, 0.3) is 0 Å². The molecule has 1 nitrogen and oxygen atoms in total. The molecule has 2 aromatic rings. The lowest BCUT2D eigenvalue weighted by molar-refractivity contribution is 1.04. The number of halogens is 4. The van der Waals surface area contributed by atoms with Gasteiger partial charge in [0.1, 0.15) is 0 Å². The summed E-state index contributed by atoms with van der Waals surface area (Å²) in [7, 11) is 0. The third-order valence-electron chi connectivity index (χ3n) is 2.90. The fraction of sp³-hybridized carbons (Fsp3) is 0.250. The second-order valence-electron chi connectivity index (χ2n) is 4.19. The van der Waals surface area contributed by atoms with Gasteiger partial charge in [-0.3, -0.25) is 4.98 Å². The fourth-order valence-corrected chi connectivity index (χ4v) is 3.02. The van der Waals surface area contributed by atoms with Crippen molar-refractivity contribution in [1.29, 1.82) is 0 Å². The molecule has 0 bridgehead atoms. The molecule has 88 valence electrons. The molecule has 0 radical (unpaired) electrons. The molecule has 0 spiro atoms. The van der Waals surface area contributed by atoms with E-state index in [1.54, 1.807) is 0 Å². The van der Waals surface area contributed by atoms with Crippen molar-refractivity contribution in [1.82, 2.24) is 4.98 Å². The van der Waals surface area contributed by atoms with Gasteiger partial charge >= 0.3 is 0 Å². The van der Waals surface area contributed by atoms with Crippen molar-refractivity contribution < 1.29 is 0 Å². The Morgan fingerprint density at radius 2 is 1.82 bits per heavy atom. The van der Waals surface area contributed by atoms with Gasteiger partial charge in [0.15, 0.2) is 0 Å². The van der Waals surface area contributed by atoms with E-state index in [0.717, 1.165) is 15.6 Å². The molecule has 1 heterocycles. The van der Waals surface area contributed by atoms with Gasteiger partial charge in [0, 0.05) is 21.5 Å². The molecule has 0 atom stereocenters. The molecule has 5 heteroatoms. The van der Waals surface area contributed by atoms with E-state index >= 15 is 0 Å². The van der Waals surface area contributed by atoms with Crippen LogP contribution >= 0.6 is 50.7 Å². The van der Waals surface area contributed by atoms with Crippen LogP contribution in [0.4, 0.5) is 0 Å². The van der Waals surface area contributed by atoms with Crippen LogP contribution in [0.15, 0.2) is 16.6 Å². The average Bonchev–Trinajstić information content (AvgIpc) is 3.11.